The van der Waals surface area contributed by atoms with Crippen molar-refractivity contribution < 1.29 is 28.2 Å². The van der Waals surface area contributed by atoms with Gasteiger partial charge in [0.05, 0.1) is 10.5 Å². The van der Waals surface area contributed by atoms with Crippen molar-refractivity contribution in [1.82, 2.24) is 10.2 Å². The molecule has 4 rings (SSSR count). The topological polar surface area (TPSA) is 84.9 Å². The van der Waals surface area contributed by atoms with Crippen LogP contribution >= 0.6 is 23.4 Å². The van der Waals surface area contributed by atoms with Crippen molar-refractivity contribution in [2.24, 2.45) is 0 Å². The number of hydrogen-bond donors (Lipinski definition) is 1. The van der Waals surface area contributed by atoms with Crippen LogP contribution in [0.5, 0.6) is 11.5 Å². The zero-order chi connectivity index (χ0) is 21.3. The zero-order valence-electron chi connectivity index (χ0n) is 15.3. The smallest absolute Gasteiger partial charge is 0.293 e. The molecule has 154 valence electrons. The molecule has 2 aliphatic heterocycles. The van der Waals surface area contributed by atoms with E-state index in [9.17, 15) is 18.8 Å². The number of halogens is 2. The highest BCUT2D eigenvalue weighted by Gasteiger charge is 2.34. The first kappa shape index (κ1) is 20.2. The Hall–Kier alpha value is -3.04. The SMILES string of the molecule is O=C(NCCN1C(=O)S/C(=C/c2ccc3c(c2)OCO3)C1=O)c1ccc(Cl)cc1F. The molecule has 2 aromatic carbocycles. The quantitative estimate of drug-likeness (QED) is 0.702. The summed E-state index contributed by atoms with van der Waals surface area (Å²) in [6.07, 6.45) is 1.59. The van der Waals surface area contributed by atoms with Crippen LogP contribution in [0.1, 0.15) is 15.9 Å². The largest absolute Gasteiger partial charge is 0.454 e. The van der Waals surface area contributed by atoms with Gasteiger partial charge in [-0.1, -0.05) is 17.7 Å². The van der Waals surface area contributed by atoms with Crippen LogP contribution in [0.25, 0.3) is 6.08 Å². The Morgan fingerprint density at radius 1 is 1.20 bits per heavy atom. The maximum absolute atomic E-state index is 13.8. The van der Waals surface area contributed by atoms with Crippen molar-refractivity contribution in [1.29, 1.82) is 0 Å². The van der Waals surface area contributed by atoms with Crippen LogP contribution in [0.15, 0.2) is 41.3 Å². The fourth-order valence-electron chi connectivity index (χ4n) is 2.90. The number of rotatable bonds is 5. The molecular formula is C20H14ClFN2O5S. The first-order chi connectivity index (χ1) is 14.4. The minimum Gasteiger partial charge on any atom is -0.454 e. The Morgan fingerprint density at radius 3 is 2.80 bits per heavy atom. The number of carbonyl (C=O) groups excluding carboxylic acids is 3. The molecule has 7 nitrogen and oxygen atoms in total. The maximum Gasteiger partial charge on any atom is 0.293 e. The molecule has 10 heteroatoms. The van der Waals surface area contributed by atoms with Gasteiger partial charge in [-0.2, -0.15) is 0 Å². The first-order valence-electron chi connectivity index (χ1n) is 8.80. The van der Waals surface area contributed by atoms with E-state index >= 15 is 0 Å². The second-order valence-corrected chi connectivity index (χ2v) is 7.76. The Balaban J connectivity index is 1.38. The average molecular weight is 449 g/mol. The van der Waals surface area contributed by atoms with E-state index in [-0.39, 0.29) is 35.4 Å². The molecule has 0 aliphatic carbocycles. The summed E-state index contributed by atoms with van der Waals surface area (Å²) in [5.41, 5.74) is 0.521. The molecule has 1 N–H and O–H groups in total. The summed E-state index contributed by atoms with van der Waals surface area (Å²) in [4.78, 5) is 38.1. The molecule has 0 unspecified atom stereocenters. The van der Waals surface area contributed by atoms with Gasteiger partial charge in [0.2, 0.25) is 6.79 Å². The Morgan fingerprint density at radius 2 is 2.00 bits per heavy atom. The lowest BCUT2D eigenvalue weighted by molar-refractivity contribution is -0.122. The molecule has 3 amide bonds. The molecule has 0 atom stereocenters. The highest BCUT2D eigenvalue weighted by atomic mass is 35.5. The number of amides is 3. The fourth-order valence-corrected chi connectivity index (χ4v) is 3.92. The van der Waals surface area contributed by atoms with E-state index < -0.39 is 22.9 Å². The van der Waals surface area contributed by atoms with E-state index in [2.05, 4.69) is 5.32 Å². The minimum atomic E-state index is -0.752. The number of nitrogens with one attached hydrogen (secondary N) is 1. The number of thioether (sulfide) groups is 1. The van der Waals surface area contributed by atoms with Crippen LogP contribution < -0.4 is 14.8 Å². The lowest BCUT2D eigenvalue weighted by atomic mass is 10.2. The number of fused-ring (bicyclic) bond motifs is 1. The molecule has 0 saturated carbocycles. The Kier molecular flexibility index (Phi) is 5.65. The van der Waals surface area contributed by atoms with E-state index in [4.69, 9.17) is 21.1 Å². The molecule has 0 spiro atoms. The van der Waals surface area contributed by atoms with Crippen molar-refractivity contribution in [2.45, 2.75) is 0 Å². The molecule has 30 heavy (non-hydrogen) atoms. The first-order valence-corrected chi connectivity index (χ1v) is 10.00. The van der Waals surface area contributed by atoms with Crippen molar-refractivity contribution in [3.05, 3.63) is 63.3 Å². The highest BCUT2D eigenvalue weighted by Crippen LogP contribution is 2.36. The van der Waals surface area contributed by atoms with Gasteiger partial charge in [0.1, 0.15) is 5.82 Å². The van der Waals surface area contributed by atoms with Crippen LogP contribution in [0.4, 0.5) is 9.18 Å². The summed E-state index contributed by atoms with van der Waals surface area (Å²) in [6.45, 7) is 0.0846. The summed E-state index contributed by atoms with van der Waals surface area (Å²) < 4.78 is 24.4. The predicted octanol–water partition coefficient (Wildman–Crippen LogP) is 3.67. The summed E-state index contributed by atoms with van der Waals surface area (Å²) in [5.74, 6) is -0.687. The lowest BCUT2D eigenvalue weighted by Gasteiger charge is -2.13. The third-order valence-electron chi connectivity index (χ3n) is 4.36. The van der Waals surface area contributed by atoms with E-state index in [1.807, 2.05) is 0 Å². The van der Waals surface area contributed by atoms with Crippen molar-refractivity contribution >= 4 is 46.5 Å². The second kappa shape index (κ2) is 8.37. The third-order valence-corrected chi connectivity index (χ3v) is 5.51. The van der Waals surface area contributed by atoms with Crippen LogP contribution in [0.3, 0.4) is 0 Å². The van der Waals surface area contributed by atoms with Crippen molar-refractivity contribution in [3.63, 3.8) is 0 Å². The normalized spacial score (nSPS) is 16.5. The zero-order valence-corrected chi connectivity index (χ0v) is 16.9. The monoisotopic (exact) mass is 448 g/mol. The van der Waals surface area contributed by atoms with E-state index in [1.165, 1.54) is 12.1 Å². The van der Waals surface area contributed by atoms with Crippen LogP contribution in [0, 0.1) is 5.82 Å². The maximum atomic E-state index is 13.8. The average Bonchev–Trinajstić information content (AvgIpc) is 3.27. The molecule has 0 aromatic heterocycles. The van der Waals surface area contributed by atoms with E-state index in [0.717, 1.165) is 22.7 Å². The molecule has 1 saturated heterocycles. The molecule has 2 heterocycles. The predicted molar refractivity (Wildman–Crippen MR) is 109 cm³/mol. The van der Waals surface area contributed by atoms with Crippen molar-refractivity contribution in [3.8, 4) is 11.5 Å². The van der Waals surface area contributed by atoms with Crippen LogP contribution in [-0.4, -0.2) is 41.8 Å². The lowest BCUT2D eigenvalue weighted by Crippen LogP contribution is -2.37. The molecular weight excluding hydrogens is 435 g/mol. The third kappa shape index (κ3) is 4.12. The number of imide groups is 1. The van der Waals surface area contributed by atoms with Gasteiger partial charge in [0.25, 0.3) is 17.1 Å². The minimum absolute atomic E-state index is 0.0176. The number of carbonyl (C=O) groups is 3. The molecule has 1 fully saturated rings. The fraction of sp³-hybridized carbons (Fsp3) is 0.150. The summed E-state index contributed by atoms with van der Waals surface area (Å²) in [5, 5.41) is 2.22. The van der Waals surface area contributed by atoms with Crippen LogP contribution in [0.2, 0.25) is 5.02 Å². The Labute approximate surface area is 179 Å². The summed E-state index contributed by atoms with van der Waals surface area (Å²) >= 11 is 6.48. The highest BCUT2D eigenvalue weighted by molar-refractivity contribution is 8.18. The van der Waals surface area contributed by atoms with E-state index in [1.54, 1.807) is 24.3 Å². The molecule has 0 radical (unpaired) electrons. The Bertz CT molecular complexity index is 1090. The van der Waals surface area contributed by atoms with Gasteiger partial charge in [0, 0.05) is 18.1 Å². The number of hydrogen-bond acceptors (Lipinski definition) is 6. The molecule has 2 aromatic rings. The molecule has 2 aliphatic rings. The second-order valence-electron chi connectivity index (χ2n) is 6.33. The van der Waals surface area contributed by atoms with Gasteiger partial charge in [0.15, 0.2) is 11.5 Å². The number of benzene rings is 2. The van der Waals surface area contributed by atoms with E-state index in [0.29, 0.717) is 17.1 Å². The summed E-state index contributed by atoms with van der Waals surface area (Å²) in [7, 11) is 0. The summed E-state index contributed by atoms with van der Waals surface area (Å²) in [6, 6.07) is 8.90. The van der Waals surface area contributed by atoms with Gasteiger partial charge in [-0.25, -0.2) is 4.39 Å². The number of nitrogens with zero attached hydrogens (tertiary/aromatic N) is 1. The van der Waals surface area contributed by atoms with Gasteiger partial charge in [-0.05, 0) is 53.7 Å². The standard InChI is InChI=1S/C20H14ClFN2O5S/c21-12-2-3-13(14(22)9-12)18(25)23-5-6-24-19(26)17(30-20(24)27)8-11-1-4-15-16(7-11)29-10-28-15/h1-4,7-9H,5-6,10H2,(H,23,25)/b17-8+. The number of ether oxygens (including phenoxy) is 2. The van der Waals surface area contributed by atoms with Gasteiger partial charge < -0.3 is 14.8 Å². The van der Waals surface area contributed by atoms with Crippen LogP contribution in [-0.2, 0) is 4.79 Å². The van der Waals surface area contributed by atoms with Crippen molar-refractivity contribution in [2.75, 3.05) is 19.9 Å². The van der Waals surface area contributed by atoms with Gasteiger partial charge in [-0.3, -0.25) is 19.3 Å². The van der Waals surface area contributed by atoms with Gasteiger partial charge >= 0.3 is 0 Å². The molecule has 0 bridgehead atoms. The van der Waals surface area contributed by atoms with Gasteiger partial charge in [-0.15, -0.1) is 0 Å².